The first-order valence-corrected chi connectivity index (χ1v) is 9.70. The van der Waals surface area contributed by atoms with Crippen molar-refractivity contribution >= 4 is 17.3 Å². The number of aryl methyl sites for hydroxylation is 1. The summed E-state index contributed by atoms with van der Waals surface area (Å²) in [7, 11) is 2.17. The highest BCUT2D eigenvalue weighted by molar-refractivity contribution is 5.76. The van der Waals surface area contributed by atoms with E-state index in [1.165, 1.54) is 11.3 Å². The van der Waals surface area contributed by atoms with Crippen molar-refractivity contribution in [1.29, 1.82) is 0 Å². The van der Waals surface area contributed by atoms with Crippen LogP contribution < -0.4 is 15.5 Å². The molecule has 0 saturated carbocycles. The second-order valence-corrected chi connectivity index (χ2v) is 7.28. The molecule has 2 aromatic carbocycles. The van der Waals surface area contributed by atoms with Crippen LogP contribution >= 0.6 is 0 Å². The molecule has 1 amide bonds. The van der Waals surface area contributed by atoms with Gasteiger partial charge in [0, 0.05) is 57.1 Å². The fourth-order valence-electron chi connectivity index (χ4n) is 3.29. The normalized spacial score (nSPS) is 14.8. The number of benzene rings is 2. The van der Waals surface area contributed by atoms with Crippen molar-refractivity contribution in [1.82, 2.24) is 10.2 Å². The summed E-state index contributed by atoms with van der Waals surface area (Å²) in [5, 5.41) is 6.31. The zero-order chi connectivity index (χ0) is 19.1. The number of amides is 1. The molecule has 0 aromatic heterocycles. The number of likely N-dealkylation sites (N-methyl/N-ethyl adjacent to an activating group) is 1. The monoisotopic (exact) mass is 366 g/mol. The second kappa shape index (κ2) is 9.42. The minimum absolute atomic E-state index is 0.0677. The molecule has 0 radical (unpaired) electrons. The summed E-state index contributed by atoms with van der Waals surface area (Å²) in [5.41, 5.74) is 4.67. The fourth-order valence-corrected chi connectivity index (χ4v) is 3.29. The molecule has 1 fully saturated rings. The van der Waals surface area contributed by atoms with Gasteiger partial charge in [0.1, 0.15) is 0 Å². The quantitative estimate of drug-likeness (QED) is 0.791. The molecule has 3 rings (SSSR count). The molecule has 27 heavy (non-hydrogen) atoms. The molecule has 0 unspecified atom stereocenters. The molecule has 0 bridgehead atoms. The predicted octanol–water partition coefficient (Wildman–Crippen LogP) is 2.87. The number of hydrogen-bond acceptors (Lipinski definition) is 4. The molecule has 1 aliphatic heterocycles. The Bertz CT molecular complexity index is 736. The number of rotatable bonds is 7. The lowest BCUT2D eigenvalue weighted by Gasteiger charge is -2.34. The molecular weight excluding hydrogens is 336 g/mol. The minimum Gasteiger partial charge on any atom is -0.385 e. The van der Waals surface area contributed by atoms with Crippen molar-refractivity contribution in [2.75, 3.05) is 50.0 Å². The Morgan fingerprint density at radius 2 is 1.78 bits per heavy atom. The molecule has 2 aromatic rings. The number of anilines is 2. The van der Waals surface area contributed by atoms with Crippen LogP contribution in [0.15, 0.2) is 48.5 Å². The Morgan fingerprint density at radius 1 is 1.04 bits per heavy atom. The molecule has 1 heterocycles. The first-order valence-electron chi connectivity index (χ1n) is 9.70. The third-order valence-electron chi connectivity index (χ3n) is 4.99. The van der Waals surface area contributed by atoms with E-state index in [9.17, 15) is 4.79 Å². The molecule has 5 heteroatoms. The van der Waals surface area contributed by atoms with Gasteiger partial charge in [-0.3, -0.25) is 4.79 Å². The average molecular weight is 367 g/mol. The van der Waals surface area contributed by atoms with Crippen LogP contribution in [-0.2, 0) is 11.3 Å². The smallest absolute Gasteiger partial charge is 0.222 e. The van der Waals surface area contributed by atoms with E-state index in [0.29, 0.717) is 19.5 Å². The van der Waals surface area contributed by atoms with Crippen molar-refractivity contribution < 1.29 is 4.79 Å². The van der Waals surface area contributed by atoms with Gasteiger partial charge in [-0.25, -0.2) is 0 Å². The number of carbonyl (C=O) groups excluding carboxylic acids is 1. The van der Waals surface area contributed by atoms with Crippen LogP contribution in [0.5, 0.6) is 0 Å². The maximum absolute atomic E-state index is 12.0. The van der Waals surface area contributed by atoms with Gasteiger partial charge in [0.2, 0.25) is 5.91 Å². The average Bonchev–Trinajstić information content (AvgIpc) is 2.68. The maximum Gasteiger partial charge on any atom is 0.222 e. The molecule has 1 aliphatic rings. The third-order valence-corrected chi connectivity index (χ3v) is 4.99. The van der Waals surface area contributed by atoms with E-state index in [-0.39, 0.29) is 5.91 Å². The summed E-state index contributed by atoms with van der Waals surface area (Å²) < 4.78 is 0. The van der Waals surface area contributed by atoms with E-state index in [2.05, 4.69) is 70.8 Å². The van der Waals surface area contributed by atoms with Gasteiger partial charge in [-0.2, -0.15) is 0 Å². The molecule has 0 aliphatic carbocycles. The Labute approximate surface area is 162 Å². The highest BCUT2D eigenvalue weighted by atomic mass is 16.1. The summed E-state index contributed by atoms with van der Waals surface area (Å²) in [5.74, 6) is 0.0677. The predicted molar refractivity (Wildman–Crippen MR) is 112 cm³/mol. The van der Waals surface area contributed by atoms with Crippen LogP contribution in [0, 0.1) is 6.92 Å². The van der Waals surface area contributed by atoms with Crippen LogP contribution in [0.3, 0.4) is 0 Å². The zero-order valence-electron chi connectivity index (χ0n) is 16.4. The highest BCUT2D eigenvalue weighted by Gasteiger charge is 2.13. The van der Waals surface area contributed by atoms with Gasteiger partial charge in [0.05, 0.1) is 0 Å². The number of carbonyl (C=O) groups is 1. The lowest BCUT2D eigenvalue weighted by molar-refractivity contribution is -0.121. The Balaban J connectivity index is 1.38. The van der Waals surface area contributed by atoms with E-state index < -0.39 is 0 Å². The van der Waals surface area contributed by atoms with Gasteiger partial charge < -0.3 is 20.4 Å². The van der Waals surface area contributed by atoms with Crippen LogP contribution in [0.2, 0.25) is 0 Å². The van der Waals surface area contributed by atoms with E-state index in [4.69, 9.17) is 0 Å². The molecule has 0 spiro atoms. The molecular formula is C22H30N4O. The number of piperazine rings is 1. The lowest BCUT2D eigenvalue weighted by Crippen LogP contribution is -2.44. The van der Waals surface area contributed by atoms with Crippen molar-refractivity contribution in [2.24, 2.45) is 0 Å². The lowest BCUT2D eigenvalue weighted by atomic mass is 10.1. The first kappa shape index (κ1) is 19.2. The summed E-state index contributed by atoms with van der Waals surface area (Å²) in [4.78, 5) is 16.8. The second-order valence-electron chi connectivity index (χ2n) is 7.28. The summed E-state index contributed by atoms with van der Waals surface area (Å²) in [6, 6.07) is 16.7. The first-order chi connectivity index (χ1) is 13.1. The minimum atomic E-state index is 0.0677. The van der Waals surface area contributed by atoms with Crippen molar-refractivity contribution in [3.63, 3.8) is 0 Å². The van der Waals surface area contributed by atoms with Gasteiger partial charge in [0.15, 0.2) is 0 Å². The van der Waals surface area contributed by atoms with Crippen LogP contribution in [0.25, 0.3) is 0 Å². The molecule has 1 saturated heterocycles. The molecule has 2 N–H and O–H groups in total. The van der Waals surface area contributed by atoms with Crippen LogP contribution in [-0.4, -0.2) is 50.6 Å². The van der Waals surface area contributed by atoms with E-state index in [1.807, 2.05) is 12.1 Å². The third kappa shape index (κ3) is 6.00. The number of hydrogen-bond donors (Lipinski definition) is 2. The summed E-state index contributed by atoms with van der Waals surface area (Å²) in [6.07, 6.45) is 0.464. The van der Waals surface area contributed by atoms with Crippen molar-refractivity contribution in [2.45, 2.75) is 19.9 Å². The standard InChI is InChI=1S/C22H30N4O/c1-18-4-3-5-19(16-18)17-24-22(27)10-11-23-20-6-8-21(9-7-20)26-14-12-25(2)13-15-26/h3-9,16,23H,10-15,17H2,1-2H3,(H,24,27). The molecule has 0 atom stereocenters. The summed E-state index contributed by atoms with van der Waals surface area (Å²) >= 11 is 0. The number of nitrogens with zero attached hydrogens (tertiary/aromatic N) is 2. The van der Waals surface area contributed by atoms with E-state index in [0.717, 1.165) is 37.4 Å². The topological polar surface area (TPSA) is 47.6 Å². The van der Waals surface area contributed by atoms with Gasteiger partial charge in [0.25, 0.3) is 0 Å². The Morgan fingerprint density at radius 3 is 2.48 bits per heavy atom. The Hall–Kier alpha value is -2.53. The van der Waals surface area contributed by atoms with Crippen LogP contribution in [0.1, 0.15) is 17.5 Å². The van der Waals surface area contributed by atoms with E-state index in [1.54, 1.807) is 0 Å². The van der Waals surface area contributed by atoms with Gasteiger partial charge >= 0.3 is 0 Å². The van der Waals surface area contributed by atoms with Crippen molar-refractivity contribution in [3.8, 4) is 0 Å². The Kier molecular flexibility index (Phi) is 6.71. The maximum atomic E-state index is 12.0. The zero-order valence-corrected chi connectivity index (χ0v) is 16.4. The van der Waals surface area contributed by atoms with E-state index >= 15 is 0 Å². The highest BCUT2D eigenvalue weighted by Crippen LogP contribution is 2.19. The number of nitrogens with one attached hydrogen (secondary N) is 2. The largest absolute Gasteiger partial charge is 0.385 e. The SMILES string of the molecule is Cc1cccc(CNC(=O)CCNc2ccc(N3CCN(C)CC3)cc2)c1. The van der Waals surface area contributed by atoms with Gasteiger partial charge in [-0.15, -0.1) is 0 Å². The summed E-state index contributed by atoms with van der Waals surface area (Å²) in [6.45, 7) is 7.64. The van der Waals surface area contributed by atoms with Crippen LogP contribution in [0.4, 0.5) is 11.4 Å². The van der Waals surface area contributed by atoms with Crippen molar-refractivity contribution in [3.05, 3.63) is 59.7 Å². The molecule has 144 valence electrons. The fraction of sp³-hybridized carbons (Fsp3) is 0.409. The van der Waals surface area contributed by atoms with Gasteiger partial charge in [-0.1, -0.05) is 29.8 Å². The van der Waals surface area contributed by atoms with Gasteiger partial charge in [-0.05, 0) is 43.8 Å². The molecule has 5 nitrogen and oxygen atoms in total.